The van der Waals surface area contributed by atoms with E-state index in [0.717, 1.165) is 0 Å². The molecule has 0 saturated heterocycles. The third-order valence-electron chi connectivity index (χ3n) is 5.06. The van der Waals surface area contributed by atoms with Crippen molar-refractivity contribution in [2.24, 2.45) is 0 Å². The molecule has 0 saturated carbocycles. The van der Waals surface area contributed by atoms with E-state index in [-0.39, 0.29) is 0 Å². The van der Waals surface area contributed by atoms with Crippen LogP contribution in [-0.4, -0.2) is 0 Å². The maximum absolute atomic E-state index is 2.49. The molecule has 0 N–H and O–H groups in total. The maximum atomic E-state index is 2.49. The summed E-state index contributed by atoms with van der Waals surface area (Å²) in [6, 6.07) is 7.25. The highest BCUT2D eigenvalue weighted by atomic mass is 14.4. The molecule has 0 heterocycles. The Morgan fingerprint density at radius 3 is 2.11 bits per heavy atom. The van der Waals surface area contributed by atoms with Crippen molar-refractivity contribution in [3.63, 3.8) is 0 Å². The highest BCUT2D eigenvalue weighted by Gasteiger charge is 2.36. The van der Waals surface area contributed by atoms with E-state index in [9.17, 15) is 0 Å². The fourth-order valence-corrected chi connectivity index (χ4v) is 3.15. The minimum Gasteiger partial charge on any atom is -0.0648 e. The molecule has 1 unspecified atom stereocenters. The fourth-order valence-electron chi connectivity index (χ4n) is 3.15. The van der Waals surface area contributed by atoms with Crippen molar-refractivity contribution < 1.29 is 0 Å². The number of fused-ring (bicyclic) bond motifs is 1. The molecule has 0 aromatic heterocycles. The summed E-state index contributed by atoms with van der Waals surface area (Å²) in [5.74, 6) is 0.677. The van der Waals surface area contributed by atoms with Gasteiger partial charge in [0.15, 0.2) is 0 Å². The Hall–Kier alpha value is -0.780. The van der Waals surface area contributed by atoms with E-state index in [1.807, 2.05) is 0 Å². The zero-order valence-electron chi connectivity index (χ0n) is 12.9. The SMILES string of the molecule is CCC(C)c1ccc2c(c1)C(C)(C)CCC2(C)C. The van der Waals surface area contributed by atoms with Gasteiger partial charge in [0.1, 0.15) is 0 Å². The molecule has 0 radical (unpaired) electrons. The molecule has 0 fully saturated rings. The predicted octanol–water partition coefficient (Wildman–Crippen LogP) is 5.55. The predicted molar refractivity (Wildman–Crippen MR) is 80.4 cm³/mol. The van der Waals surface area contributed by atoms with Crippen molar-refractivity contribution in [3.8, 4) is 0 Å². The molecule has 0 aliphatic heterocycles. The second kappa shape index (κ2) is 4.40. The number of benzene rings is 1. The van der Waals surface area contributed by atoms with Crippen LogP contribution in [0.4, 0.5) is 0 Å². The molecule has 1 aromatic carbocycles. The number of rotatable bonds is 2. The normalized spacial score (nSPS) is 22.3. The quantitative estimate of drug-likeness (QED) is 0.640. The molecule has 1 atom stereocenters. The van der Waals surface area contributed by atoms with Crippen LogP contribution < -0.4 is 0 Å². The van der Waals surface area contributed by atoms with Crippen LogP contribution >= 0.6 is 0 Å². The first-order chi connectivity index (χ1) is 8.28. The first-order valence-electron chi connectivity index (χ1n) is 7.43. The molecule has 18 heavy (non-hydrogen) atoms. The molecule has 0 heteroatoms. The average molecular weight is 244 g/mol. The molecule has 1 aliphatic carbocycles. The van der Waals surface area contributed by atoms with Crippen LogP contribution in [0, 0.1) is 0 Å². The first-order valence-corrected chi connectivity index (χ1v) is 7.43. The van der Waals surface area contributed by atoms with E-state index in [1.165, 1.54) is 24.8 Å². The van der Waals surface area contributed by atoms with Crippen LogP contribution in [0.3, 0.4) is 0 Å². The van der Waals surface area contributed by atoms with Gasteiger partial charge < -0.3 is 0 Å². The standard InChI is InChI=1S/C18H28/c1-7-13(2)14-8-9-15-16(12-14)18(5,6)11-10-17(15,3)4/h8-9,12-13H,7,10-11H2,1-6H3. The third-order valence-corrected chi connectivity index (χ3v) is 5.06. The summed E-state index contributed by atoms with van der Waals surface area (Å²) < 4.78 is 0. The number of hydrogen-bond acceptors (Lipinski definition) is 0. The summed E-state index contributed by atoms with van der Waals surface area (Å²) >= 11 is 0. The van der Waals surface area contributed by atoms with Gasteiger partial charge in [-0.25, -0.2) is 0 Å². The summed E-state index contributed by atoms with van der Waals surface area (Å²) in [6.07, 6.45) is 3.83. The zero-order chi connectivity index (χ0) is 13.6. The topological polar surface area (TPSA) is 0 Å². The second-order valence-corrected chi connectivity index (χ2v) is 7.38. The lowest BCUT2D eigenvalue weighted by atomic mass is 9.62. The van der Waals surface area contributed by atoms with Gasteiger partial charge in [0.05, 0.1) is 0 Å². The second-order valence-electron chi connectivity index (χ2n) is 7.38. The van der Waals surface area contributed by atoms with Gasteiger partial charge in [-0.05, 0) is 52.7 Å². The van der Waals surface area contributed by atoms with Crippen LogP contribution in [0.15, 0.2) is 18.2 Å². The summed E-state index contributed by atoms with van der Waals surface area (Å²) in [5, 5.41) is 0. The van der Waals surface area contributed by atoms with Gasteiger partial charge in [-0.15, -0.1) is 0 Å². The molecule has 1 aliphatic rings. The molecule has 0 bridgehead atoms. The lowest BCUT2D eigenvalue weighted by Crippen LogP contribution is -2.33. The largest absolute Gasteiger partial charge is 0.0648 e. The Labute approximate surface area is 113 Å². The van der Waals surface area contributed by atoms with Gasteiger partial charge in [-0.3, -0.25) is 0 Å². The van der Waals surface area contributed by atoms with E-state index < -0.39 is 0 Å². The van der Waals surface area contributed by atoms with Crippen molar-refractivity contribution in [2.75, 3.05) is 0 Å². The third kappa shape index (κ3) is 2.22. The van der Waals surface area contributed by atoms with Gasteiger partial charge in [-0.1, -0.05) is 59.7 Å². The molecular formula is C18H28. The van der Waals surface area contributed by atoms with Gasteiger partial charge >= 0.3 is 0 Å². The van der Waals surface area contributed by atoms with Crippen LogP contribution in [0.5, 0.6) is 0 Å². The molecule has 1 aromatic rings. The highest BCUT2D eigenvalue weighted by molar-refractivity contribution is 5.44. The maximum Gasteiger partial charge on any atom is -0.0100 e. The Morgan fingerprint density at radius 1 is 1.00 bits per heavy atom. The van der Waals surface area contributed by atoms with Crippen LogP contribution in [0.25, 0.3) is 0 Å². The van der Waals surface area contributed by atoms with E-state index in [0.29, 0.717) is 16.7 Å². The molecular weight excluding hydrogens is 216 g/mol. The summed E-state index contributed by atoms with van der Waals surface area (Å²) in [4.78, 5) is 0. The van der Waals surface area contributed by atoms with E-state index in [4.69, 9.17) is 0 Å². The minimum absolute atomic E-state index is 0.342. The van der Waals surface area contributed by atoms with Crippen LogP contribution in [-0.2, 0) is 10.8 Å². The Balaban J connectivity index is 2.55. The molecule has 0 amide bonds. The summed E-state index contributed by atoms with van der Waals surface area (Å²) in [5.41, 5.74) is 5.37. The lowest BCUT2D eigenvalue weighted by Gasteiger charge is -2.42. The van der Waals surface area contributed by atoms with Gasteiger partial charge in [0.25, 0.3) is 0 Å². The Morgan fingerprint density at radius 2 is 1.56 bits per heavy atom. The van der Waals surface area contributed by atoms with E-state index in [1.54, 1.807) is 11.1 Å². The molecule has 100 valence electrons. The van der Waals surface area contributed by atoms with Crippen molar-refractivity contribution in [2.45, 2.75) is 77.6 Å². The summed E-state index contributed by atoms with van der Waals surface area (Å²) in [7, 11) is 0. The van der Waals surface area contributed by atoms with Gasteiger partial charge in [0.2, 0.25) is 0 Å². The minimum atomic E-state index is 0.342. The van der Waals surface area contributed by atoms with E-state index >= 15 is 0 Å². The first kappa shape index (κ1) is 13.6. The van der Waals surface area contributed by atoms with Crippen molar-refractivity contribution in [3.05, 3.63) is 34.9 Å². The van der Waals surface area contributed by atoms with Crippen molar-refractivity contribution in [1.29, 1.82) is 0 Å². The van der Waals surface area contributed by atoms with Gasteiger partial charge in [0, 0.05) is 0 Å². The van der Waals surface area contributed by atoms with Crippen LogP contribution in [0.1, 0.15) is 83.4 Å². The smallest absolute Gasteiger partial charge is 0.0100 e. The Kier molecular flexibility index (Phi) is 3.34. The fraction of sp³-hybridized carbons (Fsp3) is 0.667. The monoisotopic (exact) mass is 244 g/mol. The zero-order valence-corrected chi connectivity index (χ0v) is 12.9. The van der Waals surface area contributed by atoms with Crippen molar-refractivity contribution in [1.82, 2.24) is 0 Å². The Bertz CT molecular complexity index is 437. The van der Waals surface area contributed by atoms with Crippen LogP contribution in [0.2, 0.25) is 0 Å². The molecule has 0 spiro atoms. The van der Waals surface area contributed by atoms with Gasteiger partial charge in [-0.2, -0.15) is 0 Å². The average Bonchev–Trinajstić information content (AvgIpc) is 2.34. The van der Waals surface area contributed by atoms with Crippen molar-refractivity contribution >= 4 is 0 Å². The van der Waals surface area contributed by atoms with E-state index in [2.05, 4.69) is 59.7 Å². The lowest BCUT2D eigenvalue weighted by molar-refractivity contribution is 0.331. The molecule has 0 nitrogen and oxygen atoms in total. The number of hydrogen-bond donors (Lipinski definition) is 0. The summed E-state index contributed by atoms with van der Waals surface area (Å²) in [6.45, 7) is 14.2. The highest BCUT2D eigenvalue weighted by Crippen LogP contribution is 2.46. The molecule has 2 rings (SSSR count).